The van der Waals surface area contributed by atoms with E-state index in [1.807, 2.05) is 0 Å². The Morgan fingerprint density at radius 1 is 0.667 bits per heavy atom. The van der Waals surface area contributed by atoms with Crippen LogP contribution in [0.1, 0.15) is 87.0 Å². The van der Waals surface area contributed by atoms with E-state index in [4.69, 9.17) is 0 Å². The molecular weight excluding hydrogens is 216 g/mol. The molecule has 0 nitrogen and oxygen atoms in total. The van der Waals surface area contributed by atoms with E-state index < -0.39 is 0 Å². The van der Waals surface area contributed by atoms with Crippen molar-refractivity contribution in [2.24, 2.45) is 29.6 Å². The van der Waals surface area contributed by atoms with Crippen molar-refractivity contribution in [3.05, 3.63) is 0 Å². The molecule has 0 heteroatoms. The second-order valence-electron chi connectivity index (χ2n) is 6.68. The lowest BCUT2D eigenvalue weighted by Gasteiger charge is -2.35. The van der Waals surface area contributed by atoms with Crippen LogP contribution in [0.15, 0.2) is 0 Å². The Hall–Kier alpha value is 0. The average Bonchev–Trinajstić information content (AvgIpc) is 2.36. The van der Waals surface area contributed by atoms with Crippen LogP contribution in [0.4, 0.5) is 0 Å². The number of rotatable bonds is 10. The fourth-order valence-electron chi connectivity index (χ4n) is 3.66. The topological polar surface area (TPSA) is 0 Å². The number of hydrogen-bond donors (Lipinski definition) is 0. The second kappa shape index (κ2) is 9.87. The van der Waals surface area contributed by atoms with Crippen LogP contribution >= 0.6 is 0 Å². The summed E-state index contributed by atoms with van der Waals surface area (Å²) < 4.78 is 0. The van der Waals surface area contributed by atoms with Crippen molar-refractivity contribution in [3.63, 3.8) is 0 Å². The van der Waals surface area contributed by atoms with E-state index in [0.717, 1.165) is 29.6 Å². The lowest BCUT2D eigenvalue weighted by Crippen LogP contribution is -2.28. The molecule has 0 saturated heterocycles. The summed E-state index contributed by atoms with van der Waals surface area (Å²) in [6.45, 7) is 16.9. The van der Waals surface area contributed by atoms with E-state index in [0.29, 0.717) is 0 Å². The van der Waals surface area contributed by atoms with Gasteiger partial charge >= 0.3 is 0 Å². The van der Waals surface area contributed by atoms with Crippen molar-refractivity contribution in [1.82, 2.24) is 0 Å². The average molecular weight is 255 g/mol. The highest BCUT2D eigenvalue weighted by atomic mass is 14.3. The lowest BCUT2D eigenvalue weighted by molar-refractivity contribution is 0.140. The van der Waals surface area contributed by atoms with Crippen molar-refractivity contribution in [3.8, 4) is 0 Å². The summed E-state index contributed by atoms with van der Waals surface area (Å²) in [5.74, 6) is 4.46. The molecule has 0 aliphatic heterocycles. The molecule has 18 heavy (non-hydrogen) atoms. The maximum absolute atomic E-state index is 2.51. The van der Waals surface area contributed by atoms with Crippen molar-refractivity contribution >= 4 is 0 Å². The third-order valence-electron chi connectivity index (χ3n) is 5.36. The summed E-state index contributed by atoms with van der Waals surface area (Å²) in [7, 11) is 0. The van der Waals surface area contributed by atoms with Gasteiger partial charge in [-0.1, -0.05) is 87.0 Å². The standard InChI is InChI=1S/C18H38/c1-8-11-13-15(5)18(10-3)17(7)16(6)14(4)12-9-2/h14-18H,8-13H2,1-7H3. The highest BCUT2D eigenvalue weighted by Gasteiger charge is 2.28. The van der Waals surface area contributed by atoms with Crippen LogP contribution in [0.5, 0.6) is 0 Å². The maximum Gasteiger partial charge on any atom is -0.0363 e. The van der Waals surface area contributed by atoms with Crippen molar-refractivity contribution in [2.45, 2.75) is 87.0 Å². The number of hydrogen-bond acceptors (Lipinski definition) is 0. The van der Waals surface area contributed by atoms with Gasteiger partial charge in [0.05, 0.1) is 0 Å². The van der Waals surface area contributed by atoms with Gasteiger partial charge in [0.2, 0.25) is 0 Å². The van der Waals surface area contributed by atoms with Gasteiger partial charge in [-0.3, -0.25) is 0 Å². The van der Waals surface area contributed by atoms with Crippen molar-refractivity contribution < 1.29 is 0 Å². The first kappa shape index (κ1) is 18.0. The van der Waals surface area contributed by atoms with E-state index in [1.54, 1.807) is 0 Å². The van der Waals surface area contributed by atoms with E-state index in [-0.39, 0.29) is 0 Å². The van der Waals surface area contributed by atoms with E-state index in [2.05, 4.69) is 48.5 Å². The fourth-order valence-corrected chi connectivity index (χ4v) is 3.66. The van der Waals surface area contributed by atoms with E-state index in [9.17, 15) is 0 Å². The molecule has 0 saturated carbocycles. The summed E-state index contributed by atoms with van der Waals surface area (Å²) in [5, 5.41) is 0. The smallest absolute Gasteiger partial charge is 0.0363 e. The van der Waals surface area contributed by atoms with E-state index in [1.165, 1.54) is 38.5 Å². The van der Waals surface area contributed by atoms with Gasteiger partial charge in [0.15, 0.2) is 0 Å². The molecule has 0 aromatic heterocycles. The third kappa shape index (κ3) is 5.76. The van der Waals surface area contributed by atoms with Gasteiger partial charge in [0.25, 0.3) is 0 Å². The van der Waals surface area contributed by atoms with Crippen LogP contribution in [0.2, 0.25) is 0 Å². The Bertz CT molecular complexity index is 184. The first-order chi connectivity index (χ1) is 8.49. The van der Waals surface area contributed by atoms with E-state index >= 15 is 0 Å². The molecule has 0 aliphatic carbocycles. The highest BCUT2D eigenvalue weighted by molar-refractivity contribution is 4.77. The predicted molar refractivity (Wildman–Crippen MR) is 84.9 cm³/mol. The molecule has 0 rings (SSSR count). The zero-order chi connectivity index (χ0) is 14.1. The zero-order valence-corrected chi connectivity index (χ0v) is 14.1. The molecule has 0 aromatic carbocycles. The van der Waals surface area contributed by atoms with Gasteiger partial charge in [0, 0.05) is 0 Å². The molecule has 0 aromatic rings. The molecule has 5 atom stereocenters. The Morgan fingerprint density at radius 2 is 1.28 bits per heavy atom. The molecule has 0 bridgehead atoms. The molecule has 0 aliphatic rings. The van der Waals surface area contributed by atoms with Gasteiger partial charge in [-0.15, -0.1) is 0 Å². The van der Waals surface area contributed by atoms with Gasteiger partial charge in [0.1, 0.15) is 0 Å². The molecule has 5 unspecified atom stereocenters. The fraction of sp³-hybridized carbons (Fsp3) is 1.00. The van der Waals surface area contributed by atoms with Gasteiger partial charge < -0.3 is 0 Å². The quantitative estimate of drug-likeness (QED) is 0.415. The van der Waals surface area contributed by atoms with Crippen LogP contribution < -0.4 is 0 Å². The third-order valence-corrected chi connectivity index (χ3v) is 5.36. The van der Waals surface area contributed by atoms with Crippen LogP contribution in [0.3, 0.4) is 0 Å². The first-order valence-corrected chi connectivity index (χ1v) is 8.49. The minimum absolute atomic E-state index is 0.874. The molecule has 0 radical (unpaired) electrons. The van der Waals surface area contributed by atoms with Gasteiger partial charge in [-0.25, -0.2) is 0 Å². The molecule has 0 fully saturated rings. The van der Waals surface area contributed by atoms with Crippen LogP contribution in [-0.2, 0) is 0 Å². The number of unbranched alkanes of at least 4 members (excludes halogenated alkanes) is 1. The normalized spacial score (nSPS) is 20.2. The molecular formula is C18H38. The lowest BCUT2D eigenvalue weighted by atomic mass is 9.70. The Labute approximate surface area is 117 Å². The van der Waals surface area contributed by atoms with Crippen molar-refractivity contribution in [2.75, 3.05) is 0 Å². The SMILES string of the molecule is CCCCC(C)C(CC)C(C)C(C)C(C)CCC. The maximum atomic E-state index is 2.51. The molecule has 0 N–H and O–H groups in total. The minimum atomic E-state index is 0.874. The van der Waals surface area contributed by atoms with Gasteiger partial charge in [-0.2, -0.15) is 0 Å². The summed E-state index contributed by atoms with van der Waals surface area (Å²) in [6, 6.07) is 0. The van der Waals surface area contributed by atoms with Gasteiger partial charge in [-0.05, 0) is 29.6 Å². The zero-order valence-electron chi connectivity index (χ0n) is 14.1. The Morgan fingerprint density at radius 3 is 1.72 bits per heavy atom. The monoisotopic (exact) mass is 254 g/mol. The summed E-state index contributed by atoms with van der Waals surface area (Å²) >= 11 is 0. The predicted octanol–water partition coefficient (Wildman–Crippen LogP) is 6.55. The second-order valence-corrected chi connectivity index (χ2v) is 6.68. The first-order valence-electron chi connectivity index (χ1n) is 8.49. The summed E-state index contributed by atoms with van der Waals surface area (Å²) in [4.78, 5) is 0. The largest absolute Gasteiger partial charge is 0.0654 e. The van der Waals surface area contributed by atoms with Crippen LogP contribution in [-0.4, -0.2) is 0 Å². The molecule has 0 heterocycles. The Kier molecular flexibility index (Phi) is 9.87. The van der Waals surface area contributed by atoms with Crippen LogP contribution in [0.25, 0.3) is 0 Å². The molecule has 0 amide bonds. The van der Waals surface area contributed by atoms with Crippen LogP contribution in [0, 0.1) is 29.6 Å². The molecule has 110 valence electrons. The molecule has 0 spiro atoms. The van der Waals surface area contributed by atoms with Crippen molar-refractivity contribution in [1.29, 1.82) is 0 Å². The summed E-state index contributed by atoms with van der Waals surface area (Å²) in [5.41, 5.74) is 0. The summed E-state index contributed by atoms with van der Waals surface area (Å²) in [6.07, 6.45) is 8.26. The highest BCUT2D eigenvalue weighted by Crippen LogP contribution is 2.36. The minimum Gasteiger partial charge on any atom is -0.0654 e. The Balaban J connectivity index is 4.43.